The van der Waals surface area contributed by atoms with E-state index in [1.165, 1.54) is 30.3 Å². The van der Waals surface area contributed by atoms with Gasteiger partial charge in [0.05, 0.1) is 33.2 Å². The maximum absolute atomic E-state index is 14.4. The Morgan fingerprint density at radius 3 is 2.73 bits per heavy atom. The molecule has 0 radical (unpaired) electrons. The number of carbonyl (C=O) groups is 1. The number of nitriles is 1. The Labute approximate surface area is 193 Å². The molecule has 3 N–H and O–H groups in total. The predicted octanol–water partition coefficient (Wildman–Crippen LogP) is 6.03. The van der Waals surface area contributed by atoms with E-state index in [1.54, 1.807) is 12.1 Å². The third-order valence-electron chi connectivity index (χ3n) is 4.81. The van der Waals surface area contributed by atoms with Gasteiger partial charge in [-0.1, -0.05) is 30.7 Å². The summed E-state index contributed by atoms with van der Waals surface area (Å²) in [5.74, 6) is -1.98. The Hall–Kier alpha value is -4.16. The lowest BCUT2D eigenvalue weighted by atomic mass is 9.96. The molecule has 0 heterocycles. The quantitative estimate of drug-likeness (QED) is 0.247. The summed E-state index contributed by atoms with van der Waals surface area (Å²) in [5, 5.41) is 23.1. The maximum Gasteiger partial charge on any atom is 0.313 e. The number of amides is 1. The molecule has 0 aliphatic rings. The molecular weight excluding hydrogens is 451 g/mol. The Bertz CT molecular complexity index is 1280. The molecule has 10 heteroatoms. The van der Waals surface area contributed by atoms with Crippen molar-refractivity contribution in [2.24, 2.45) is 0 Å². The van der Waals surface area contributed by atoms with Crippen LogP contribution in [0.4, 0.5) is 21.5 Å². The first kappa shape index (κ1) is 23.5. The molecule has 0 aliphatic carbocycles. The van der Waals surface area contributed by atoms with Gasteiger partial charge in [-0.2, -0.15) is 5.26 Å². The second kappa shape index (κ2) is 9.97. The topological polar surface area (TPSA) is 131 Å². The van der Waals surface area contributed by atoms with Crippen LogP contribution < -0.4 is 15.8 Å². The average molecular weight is 469 g/mol. The molecule has 8 nitrogen and oxygen atoms in total. The molecule has 0 spiro atoms. The fraction of sp³-hybridized carbons (Fsp3) is 0.130. The summed E-state index contributed by atoms with van der Waals surface area (Å²) in [6.45, 7) is 1.82. The minimum Gasteiger partial charge on any atom is -0.450 e. The van der Waals surface area contributed by atoms with Crippen molar-refractivity contribution in [3.05, 3.63) is 86.7 Å². The lowest BCUT2D eigenvalue weighted by Gasteiger charge is -2.14. The minimum absolute atomic E-state index is 0.0509. The van der Waals surface area contributed by atoms with E-state index in [1.807, 2.05) is 6.92 Å². The number of carbonyl (C=O) groups excluding carboxylic acids is 1. The number of nitrogens with two attached hydrogens (primary N) is 1. The number of nitro groups is 1. The first-order chi connectivity index (χ1) is 15.7. The normalized spacial score (nSPS) is 11.3. The number of benzene rings is 3. The molecule has 1 unspecified atom stereocenters. The molecule has 3 aromatic rings. The van der Waals surface area contributed by atoms with E-state index in [-0.39, 0.29) is 39.1 Å². The van der Waals surface area contributed by atoms with Gasteiger partial charge in [0.25, 0.3) is 5.91 Å². The molecule has 0 aromatic heterocycles. The van der Waals surface area contributed by atoms with Crippen LogP contribution >= 0.6 is 11.6 Å². The molecule has 1 atom stereocenters. The van der Waals surface area contributed by atoms with E-state index in [4.69, 9.17) is 22.1 Å². The second-order valence-electron chi connectivity index (χ2n) is 6.98. The SMILES string of the molecule is CCC(C#N)c1cccc(C(=O)Nc2cc(Oc3ccc(N)cc3[N+](=O)[O-])ccc2F)c1Cl. The largest absolute Gasteiger partial charge is 0.450 e. The lowest BCUT2D eigenvalue weighted by Crippen LogP contribution is -2.14. The van der Waals surface area contributed by atoms with Gasteiger partial charge < -0.3 is 15.8 Å². The zero-order valence-electron chi connectivity index (χ0n) is 17.3. The zero-order valence-corrected chi connectivity index (χ0v) is 18.1. The number of nitrogen functional groups attached to an aromatic ring is 1. The van der Waals surface area contributed by atoms with E-state index < -0.39 is 22.6 Å². The van der Waals surface area contributed by atoms with Crippen LogP contribution in [0.3, 0.4) is 0 Å². The third kappa shape index (κ3) is 5.19. The summed E-state index contributed by atoms with van der Waals surface area (Å²) in [4.78, 5) is 23.4. The van der Waals surface area contributed by atoms with Gasteiger partial charge in [0, 0.05) is 17.8 Å². The number of nitrogens with zero attached hydrogens (tertiary/aromatic N) is 2. The fourth-order valence-corrected chi connectivity index (χ4v) is 3.46. The van der Waals surface area contributed by atoms with Crippen molar-refractivity contribution in [3.63, 3.8) is 0 Å². The van der Waals surface area contributed by atoms with Crippen LogP contribution in [0.15, 0.2) is 54.6 Å². The smallest absolute Gasteiger partial charge is 0.313 e. The number of rotatable bonds is 7. The molecule has 0 saturated carbocycles. The van der Waals surface area contributed by atoms with Crippen molar-refractivity contribution in [3.8, 4) is 17.6 Å². The van der Waals surface area contributed by atoms with Crippen LogP contribution in [-0.2, 0) is 0 Å². The van der Waals surface area contributed by atoms with Gasteiger partial charge in [-0.3, -0.25) is 14.9 Å². The van der Waals surface area contributed by atoms with E-state index >= 15 is 0 Å². The number of anilines is 2. The molecule has 0 saturated heterocycles. The highest BCUT2D eigenvalue weighted by molar-refractivity contribution is 6.35. The second-order valence-corrected chi connectivity index (χ2v) is 7.36. The van der Waals surface area contributed by atoms with Gasteiger partial charge in [0.15, 0.2) is 0 Å². The van der Waals surface area contributed by atoms with Crippen LogP contribution in [-0.4, -0.2) is 10.8 Å². The molecular formula is C23H18ClFN4O4. The number of halogens is 2. The standard InChI is InChI=1S/C23H18ClFN4O4/c1-2-13(12-26)16-4-3-5-17(22(16)24)23(30)28-19-11-15(7-8-18(19)25)33-21-9-6-14(27)10-20(21)29(31)32/h3-11,13H,2,27H2,1H3,(H,28,30). The Balaban J connectivity index is 1.89. The van der Waals surface area contributed by atoms with Crippen LogP contribution in [0.2, 0.25) is 5.02 Å². The van der Waals surface area contributed by atoms with E-state index in [0.717, 1.165) is 12.1 Å². The first-order valence-corrected chi connectivity index (χ1v) is 10.1. The summed E-state index contributed by atoms with van der Waals surface area (Å²) < 4.78 is 19.9. The molecule has 33 heavy (non-hydrogen) atoms. The highest BCUT2D eigenvalue weighted by Gasteiger charge is 2.20. The summed E-state index contributed by atoms with van der Waals surface area (Å²) >= 11 is 6.36. The van der Waals surface area contributed by atoms with Crippen molar-refractivity contribution < 1.29 is 18.8 Å². The van der Waals surface area contributed by atoms with Crippen LogP contribution in [0.1, 0.15) is 35.2 Å². The van der Waals surface area contributed by atoms with Gasteiger partial charge in [-0.05, 0) is 42.3 Å². The van der Waals surface area contributed by atoms with Gasteiger partial charge in [-0.15, -0.1) is 0 Å². The summed E-state index contributed by atoms with van der Waals surface area (Å²) in [7, 11) is 0. The zero-order chi connectivity index (χ0) is 24.1. The van der Waals surface area contributed by atoms with E-state index in [0.29, 0.717) is 12.0 Å². The highest BCUT2D eigenvalue weighted by atomic mass is 35.5. The molecule has 3 aromatic carbocycles. The highest BCUT2D eigenvalue weighted by Crippen LogP contribution is 2.35. The van der Waals surface area contributed by atoms with Crippen molar-refractivity contribution in [1.29, 1.82) is 5.26 Å². The van der Waals surface area contributed by atoms with E-state index in [9.17, 15) is 24.6 Å². The van der Waals surface area contributed by atoms with Gasteiger partial charge >= 0.3 is 5.69 Å². The molecule has 1 amide bonds. The fourth-order valence-electron chi connectivity index (χ4n) is 3.12. The van der Waals surface area contributed by atoms with Crippen LogP contribution in [0.5, 0.6) is 11.5 Å². The summed E-state index contributed by atoms with van der Waals surface area (Å²) in [5.41, 5.74) is 5.76. The molecule has 3 rings (SSSR count). The van der Waals surface area contributed by atoms with Crippen LogP contribution in [0.25, 0.3) is 0 Å². The number of nitrogens with one attached hydrogen (secondary N) is 1. The van der Waals surface area contributed by atoms with Crippen molar-refractivity contribution >= 4 is 34.6 Å². The lowest BCUT2D eigenvalue weighted by molar-refractivity contribution is -0.385. The van der Waals surface area contributed by atoms with Crippen molar-refractivity contribution in [2.45, 2.75) is 19.3 Å². The summed E-state index contributed by atoms with van der Waals surface area (Å²) in [6.07, 6.45) is 0.507. The first-order valence-electron chi connectivity index (χ1n) is 9.75. The maximum atomic E-state index is 14.4. The number of hydrogen-bond acceptors (Lipinski definition) is 6. The Morgan fingerprint density at radius 1 is 1.30 bits per heavy atom. The summed E-state index contributed by atoms with van der Waals surface area (Å²) in [6, 6.07) is 14.2. The molecule has 0 aliphatic heterocycles. The van der Waals surface area contributed by atoms with Gasteiger partial charge in [-0.25, -0.2) is 4.39 Å². The Morgan fingerprint density at radius 2 is 2.06 bits per heavy atom. The Kier molecular flexibility index (Phi) is 7.10. The van der Waals surface area contributed by atoms with Crippen molar-refractivity contribution in [2.75, 3.05) is 11.1 Å². The molecule has 0 bridgehead atoms. The van der Waals surface area contributed by atoms with Crippen LogP contribution in [0, 0.1) is 27.3 Å². The van der Waals surface area contributed by atoms with E-state index in [2.05, 4.69) is 11.4 Å². The number of hydrogen-bond donors (Lipinski definition) is 2. The van der Waals surface area contributed by atoms with Gasteiger partial charge in [0.2, 0.25) is 5.75 Å². The van der Waals surface area contributed by atoms with Gasteiger partial charge in [0.1, 0.15) is 11.6 Å². The third-order valence-corrected chi connectivity index (χ3v) is 5.23. The minimum atomic E-state index is -0.752. The molecule has 0 fully saturated rings. The number of nitro benzene ring substituents is 1. The predicted molar refractivity (Wildman–Crippen MR) is 122 cm³/mol. The monoisotopic (exact) mass is 468 g/mol. The van der Waals surface area contributed by atoms with Crippen molar-refractivity contribution in [1.82, 2.24) is 0 Å². The molecule has 168 valence electrons. The average Bonchev–Trinajstić information content (AvgIpc) is 2.79. The number of ether oxygens (including phenoxy) is 1.